The highest BCUT2D eigenvalue weighted by Gasteiger charge is 2.21. The van der Waals surface area contributed by atoms with Crippen LogP contribution in [0.4, 0.5) is 4.39 Å². The molecule has 0 amide bonds. The van der Waals surface area contributed by atoms with Gasteiger partial charge in [-0.2, -0.15) is 0 Å². The number of Topliss-reactive ketones (excluding diaryl/α,β-unsaturated/α-hetero) is 1. The zero-order valence-electron chi connectivity index (χ0n) is 9.51. The minimum atomic E-state index is -0.309. The third kappa shape index (κ3) is 3.36. The fraction of sp³-hybridized carbons (Fsp3) is 0.462. The summed E-state index contributed by atoms with van der Waals surface area (Å²) in [7, 11) is 0. The van der Waals surface area contributed by atoms with Gasteiger partial charge in [0.2, 0.25) is 0 Å². The first-order valence-corrected chi connectivity index (χ1v) is 6.63. The third-order valence-corrected chi connectivity index (χ3v) is 3.63. The minimum Gasteiger partial charge on any atom is -0.316 e. The summed E-state index contributed by atoms with van der Waals surface area (Å²) >= 11 is 3.20. The molecule has 0 aliphatic carbocycles. The number of nitrogens with one attached hydrogen (secondary N) is 1. The fourth-order valence-corrected chi connectivity index (χ4v) is 2.46. The molecule has 2 rings (SSSR count). The maximum absolute atomic E-state index is 13.6. The lowest BCUT2D eigenvalue weighted by Gasteiger charge is -2.21. The number of carbonyl (C=O) groups is 1. The van der Waals surface area contributed by atoms with Gasteiger partial charge in [-0.05, 0) is 37.1 Å². The molecule has 1 aromatic carbocycles. The van der Waals surface area contributed by atoms with Crippen molar-refractivity contribution in [3.63, 3.8) is 0 Å². The van der Waals surface area contributed by atoms with Crippen molar-refractivity contribution in [2.24, 2.45) is 5.92 Å². The lowest BCUT2D eigenvalue weighted by atomic mass is 9.91. The van der Waals surface area contributed by atoms with E-state index in [1.807, 2.05) is 0 Å². The van der Waals surface area contributed by atoms with E-state index in [0.29, 0.717) is 10.0 Å². The second-order valence-corrected chi connectivity index (χ2v) is 5.34. The van der Waals surface area contributed by atoms with Gasteiger partial charge in [-0.1, -0.05) is 22.0 Å². The van der Waals surface area contributed by atoms with Gasteiger partial charge in [0.1, 0.15) is 11.6 Å². The molecule has 0 spiro atoms. The van der Waals surface area contributed by atoms with Crippen molar-refractivity contribution in [1.82, 2.24) is 5.32 Å². The summed E-state index contributed by atoms with van der Waals surface area (Å²) in [5.74, 6) is -0.123. The SMILES string of the molecule is O=C(Cc1ccc(Br)cc1F)C1CCCNC1. The van der Waals surface area contributed by atoms with Crippen LogP contribution in [0, 0.1) is 11.7 Å². The molecule has 1 saturated heterocycles. The Hall–Kier alpha value is -0.740. The summed E-state index contributed by atoms with van der Waals surface area (Å²) < 4.78 is 14.3. The molecule has 1 fully saturated rings. The first-order chi connectivity index (χ1) is 8.16. The van der Waals surface area contributed by atoms with Gasteiger partial charge in [-0.3, -0.25) is 4.79 Å². The van der Waals surface area contributed by atoms with Gasteiger partial charge < -0.3 is 5.32 Å². The standard InChI is InChI=1S/C13H15BrFNO/c14-11-4-3-9(12(15)7-11)6-13(17)10-2-1-5-16-8-10/h3-4,7,10,16H,1-2,5-6,8H2. The second-order valence-electron chi connectivity index (χ2n) is 4.42. The van der Waals surface area contributed by atoms with Crippen LogP contribution in [-0.2, 0) is 11.2 Å². The summed E-state index contributed by atoms with van der Waals surface area (Å²) in [5, 5.41) is 3.20. The van der Waals surface area contributed by atoms with E-state index in [1.165, 1.54) is 6.07 Å². The Balaban J connectivity index is 2.02. The van der Waals surface area contributed by atoms with Crippen LogP contribution in [0.3, 0.4) is 0 Å². The van der Waals surface area contributed by atoms with Crippen molar-refractivity contribution >= 4 is 21.7 Å². The smallest absolute Gasteiger partial charge is 0.141 e. The van der Waals surface area contributed by atoms with Crippen molar-refractivity contribution in [2.45, 2.75) is 19.3 Å². The van der Waals surface area contributed by atoms with Crippen LogP contribution >= 0.6 is 15.9 Å². The van der Waals surface area contributed by atoms with Gasteiger partial charge in [-0.15, -0.1) is 0 Å². The van der Waals surface area contributed by atoms with E-state index in [0.717, 1.165) is 25.9 Å². The summed E-state index contributed by atoms with van der Waals surface area (Å²) in [6.07, 6.45) is 2.15. The van der Waals surface area contributed by atoms with E-state index in [1.54, 1.807) is 12.1 Å². The van der Waals surface area contributed by atoms with E-state index < -0.39 is 0 Å². The molecular weight excluding hydrogens is 285 g/mol. The van der Waals surface area contributed by atoms with E-state index in [2.05, 4.69) is 21.2 Å². The maximum atomic E-state index is 13.6. The largest absolute Gasteiger partial charge is 0.316 e. The van der Waals surface area contributed by atoms with Gasteiger partial charge in [0.25, 0.3) is 0 Å². The van der Waals surface area contributed by atoms with Crippen molar-refractivity contribution in [2.75, 3.05) is 13.1 Å². The highest BCUT2D eigenvalue weighted by atomic mass is 79.9. The first kappa shape index (κ1) is 12.7. The van der Waals surface area contributed by atoms with E-state index in [4.69, 9.17) is 0 Å². The Bertz CT molecular complexity index is 416. The van der Waals surface area contributed by atoms with Crippen molar-refractivity contribution in [1.29, 1.82) is 0 Å². The van der Waals surface area contributed by atoms with Gasteiger partial charge in [0, 0.05) is 23.4 Å². The number of rotatable bonds is 3. The quantitative estimate of drug-likeness (QED) is 0.930. The van der Waals surface area contributed by atoms with Crippen LogP contribution in [-0.4, -0.2) is 18.9 Å². The van der Waals surface area contributed by atoms with E-state index >= 15 is 0 Å². The second kappa shape index (κ2) is 5.74. The molecule has 1 heterocycles. The van der Waals surface area contributed by atoms with Gasteiger partial charge in [0.15, 0.2) is 0 Å². The monoisotopic (exact) mass is 299 g/mol. The van der Waals surface area contributed by atoms with Gasteiger partial charge >= 0.3 is 0 Å². The number of hydrogen-bond donors (Lipinski definition) is 1. The summed E-state index contributed by atoms with van der Waals surface area (Å²) in [5.41, 5.74) is 0.490. The fourth-order valence-electron chi connectivity index (χ4n) is 2.12. The molecule has 0 saturated carbocycles. The number of carbonyl (C=O) groups excluding carboxylic acids is 1. The number of benzene rings is 1. The molecule has 17 heavy (non-hydrogen) atoms. The molecule has 1 aromatic rings. The molecule has 0 aromatic heterocycles. The molecule has 0 bridgehead atoms. The molecule has 1 N–H and O–H groups in total. The van der Waals surface area contributed by atoms with Crippen LogP contribution in [0.1, 0.15) is 18.4 Å². The number of halogens is 2. The number of hydrogen-bond acceptors (Lipinski definition) is 2. The number of ketones is 1. The average molecular weight is 300 g/mol. The summed E-state index contributed by atoms with van der Waals surface area (Å²) in [4.78, 5) is 12.0. The highest BCUT2D eigenvalue weighted by Crippen LogP contribution is 2.19. The maximum Gasteiger partial charge on any atom is 0.141 e. The normalized spacial score (nSPS) is 20.2. The van der Waals surface area contributed by atoms with Gasteiger partial charge in [-0.25, -0.2) is 4.39 Å². The van der Waals surface area contributed by atoms with Crippen LogP contribution in [0.5, 0.6) is 0 Å². The Kier molecular flexibility index (Phi) is 4.29. The Morgan fingerprint density at radius 3 is 3.00 bits per heavy atom. The lowest BCUT2D eigenvalue weighted by molar-refractivity contribution is -0.122. The highest BCUT2D eigenvalue weighted by molar-refractivity contribution is 9.10. The van der Waals surface area contributed by atoms with Crippen LogP contribution in [0.15, 0.2) is 22.7 Å². The molecule has 1 aliphatic heterocycles. The Morgan fingerprint density at radius 1 is 1.53 bits per heavy atom. The average Bonchev–Trinajstić information content (AvgIpc) is 2.34. The Morgan fingerprint density at radius 2 is 2.35 bits per heavy atom. The predicted octanol–water partition coefficient (Wildman–Crippen LogP) is 2.70. The van der Waals surface area contributed by atoms with Crippen LogP contribution in [0.2, 0.25) is 0 Å². The molecular formula is C13H15BrFNO. The van der Waals surface area contributed by atoms with E-state index in [9.17, 15) is 9.18 Å². The van der Waals surface area contributed by atoms with Gasteiger partial charge in [0.05, 0.1) is 0 Å². The molecule has 2 nitrogen and oxygen atoms in total. The minimum absolute atomic E-state index is 0.0480. The summed E-state index contributed by atoms with van der Waals surface area (Å²) in [6.45, 7) is 1.72. The summed E-state index contributed by atoms with van der Waals surface area (Å²) in [6, 6.07) is 4.85. The molecule has 1 atom stereocenters. The molecule has 1 unspecified atom stereocenters. The van der Waals surface area contributed by atoms with Crippen molar-refractivity contribution < 1.29 is 9.18 Å². The molecule has 4 heteroatoms. The Labute approximate surface area is 109 Å². The molecule has 0 radical (unpaired) electrons. The zero-order valence-corrected chi connectivity index (χ0v) is 11.1. The van der Waals surface area contributed by atoms with Crippen LogP contribution in [0.25, 0.3) is 0 Å². The lowest BCUT2D eigenvalue weighted by Crippen LogP contribution is -2.35. The van der Waals surface area contributed by atoms with Crippen molar-refractivity contribution in [3.05, 3.63) is 34.1 Å². The van der Waals surface area contributed by atoms with Crippen molar-refractivity contribution in [3.8, 4) is 0 Å². The third-order valence-electron chi connectivity index (χ3n) is 3.13. The van der Waals surface area contributed by atoms with Crippen LogP contribution < -0.4 is 5.32 Å². The zero-order chi connectivity index (χ0) is 12.3. The number of piperidine rings is 1. The van der Waals surface area contributed by atoms with E-state index in [-0.39, 0.29) is 23.9 Å². The first-order valence-electron chi connectivity index (χ1n) is 5.84. The topological polar surface area (TPSA) is 29.1 Å². The molecule has 92 valence electrons. The predicted molar refractivity (Wildman–Crippen MR) is 68.4 cm³/mol. The molecule has 1 aliphatic rings.